The minimum Gasteiger partial charge on any atom is -0.387 e. The lowest BCUT2D eigenvalue weighted by Crippen LogP contribution is -2.54. The summed E-state index contributed by atoms with van der Waals surface area (Å²) in [4.78, 5) is 0. The van der Waals surface area contributed by atoms with Crippen molar-refractivity contribution < 1.29 is 9.84 Å². The molecule has 0 amide bonds. The van der Waals surface area contributed by atoms with Gasteiger partial charge in [0.15, 0.2) is 0 Å². The van der Waals surface area contributed by atoms with E-state index < -0.39 is 5.60 Å². The molecular formula is C10H19NO2. The van der Waals surface area contributed by atoms with E-state index in [4.69, 9.17) is 4.74 Å². The third-order valence-corrected chi connectivity index (χ3v) is 3.25. The minimum atomic E-state index is -0.536. The van der Waals surface area contributed by atoms with E-state index in [-0.39, 0.29) is 6.10 Å². The van der Waals surface area contributed by atoms with Crippen molar-refractivity contribution in [2.45, 2.75) is 43.8 Å². The summed E-state index contributed by atoms with van der Waals surface area (Å²) in [5.41, 5.74) is -0.536. The number of morpholine rings is 1. The highest BCUT2D eigenvalue weighted by atomic mass is 16.5. The second-order valence-electron chi connectivity index (χ2n) is 4.23. The number of nitrogens with one attached hydrogen (secondary N) is 1. The van der Waals surface area contributed by atoms with Crippen LogP contribution in [0.4, 0.5) is 0 Å². The van der Waals surface area contributed by atoms with Crippen LogP contribution in [0.25, 0.3) is 0 Å². The Morgan fingerprint density at radius 3 is 2.62 bits per heavy atom. The van der Waals surface area contributed by atoms with Gasteiger partial charge in [-0.15, -0.1) is 0 Å². The number of aliphatic hydroxyl groups is 1. The second-order valence-corrected chi connectivity index (χ2v) is 4.23. The normalized spacial score (nSPS) is 34.4. The summed E-state index contributed by atoms with van der Waals surface area (Å²) in [5.74, 6) is 0. The van der Waals surface area contributed by atoms with E-state index in [1.165, 1.54) is 6.42 Å². The average Bonchev–Trinajstić information content (AvgIpc) is 2.20. The third kappa shape index (κ3) is 2.03. The average molecular weight is 185 g/mol. The summed E-state index contributed by atoms with van der Waals surface area (Å²) in [7, 11) is 0. The molecule has 76 valence electrons. The Labute approximate surface area is 79.5 Å². The summed E-state index contributed by atoms with van der Waals surface area (Å²) in [6.07, 6.45) is 5.43. The van der Waals surface area contributed by atoms with Crippen LogP contribution in [0.15, 0.2) is 0 Å². The predicted molar refractivity (Wildman–Crippen MR) is 50.6 cm³/mol. The van der Waals surface area contributed by atoms with Crippen molar-refractivity contribution in [3.8, 4) is 0 Å². The molecule has 1 aliphatic carbocycles. The smallest absolute Gasteiger partial charge is 0.0986 e. The Morgan fingerprint density at radius 2 is 2.00 bits per heavy atom. The number of hydrogen-bond acceptors (Lipinski definition) is 3. The molecule has 2 N–H and O–H groups in total. The Morgan fingerprint density at radius 1 is 1.23 bits per heavy atom. The van der Waals surface area contributed by atoms with Gasteiger partial charge < -0.3 is 15.2 Å². The zero-order valence-electron chi connectivity index (χ0n) is 8.09. The third-order valence-electron chi connectivity index (χ3n) is 3.25. The van der Waals surface area contributed by atoms with E-state index in [0.717, 1.165) is 45.4 Å². The van der Waals surface area contributed by atoms with Gasteiger partial charge in [0.1, 0.15) is 0 Å². The van der Waals surface area contributed by atoms with Gasteiger partial charge in [-0.3, -0.25) is 0 Å². The first-order valence-corrected chi connectivity index (χ1v) is 5.36. The first-order chi connectivity index (χ1) is 6.31. The minimum absolute atomic E-state index is 0.0292. The van der Waals surface area contributed by atoms with Gasteiger partial charge in [-0.1, -0.05) is 19.3 Å². The highest BCUT2D eigenvalue weighted by molar-refractivity contribution is 4.92. The van der Waals surface area contributed by atoms with Crippen molar-refractivity contribution in [3.63, 3.8) is 0 Å². The lowest BCUT2D eigenvalue weighted by molar-refractivity contribution is -0.134. The molecule has 0 radical (unpaired) electrons. The van der Waals surface area contributed by atoms with Crippen LogP contribution in [-0.2, 0) is 4.74 Å². The summed E-state index contributed by atoms with van der Waals surface area (Å²) in [6, 6.07) is 0. The molecule has 1 saturated heterocycles. The number of rotatable bonds is 1. The first-order valence-electron chi connectivity index (χ1n) is 5.36. The molecule has 3 nitrogen and oxygen atoms in total. The van der Waals surface area contributed by atoms with Crippen LogP contribution in [-0.4, -0.2) is 36.5 Å². The Hall–Kier alpha value is -0.120. The van der Waals surface area contributed by atoms with Crippen molar-refractivity contribution in [2.24, 2.45) is 0 Å². The lowest BCUT2D eigenvalue weighted by atomic mass is 9.80. The van der Waals surface area contributed by atoms with E-state index in [2.05, 4.69) is 5.32 Å². The maximum Gasteiger partial charge on any atom is 0.0986 e. The molecule has 0 spiro atoms. The largest absolute Gasteiger partial charge is 0.387 e. The summed E-state index contributed by atoms with van der Waals surface area (Å²) in [6.45, 7) is 2.48. The van der Waals surface area contributed by atoms with Crippen molar-refractivity contribution >= 4 is 0 Å². The van der Waals surface area contributed by atoms with Gasteiger partial charge in [0, 0.05) is 13.1 Å². The predicted octanol–water partition coefficient (Wildman–Crippen LogP) is 0.670. The van der Waals surface area contributed by atoms with Gasteiger partial charge in [0.05, 0.1) is 18.3 Å². The lowest BCUT2D eigenvalue weighted by Gasteiger charge is -2.40. The van der Waals surface area contributed by atoms with Crippen LogP contribution in [0, 0.1) is 0 Å². The Balaban J connectivity index is 1.94. The van der Waals surface area contributed by atoms with E-state index in [9.17, 15) is 5.11 Å². The van der Waals surface area contributed by atoms with Crippen LogP contribution >= 0.6 is 0 Å². The first kappa shape index (κ1) is 9.44. The fourth-order valence-electron chi connectivity index (χ4n) is 2.40. The topological polar surface area (TPSA) is 41.5 Å². The fraction of sp³-hybridized carbons (Fsp3) is 1.00. The quantitative estimate of drug-likeness (QED) is 0.631. The zero-order valence-corrected chi connectivity index (χ0v) is 8.09. The van der Waals surface area contributed by atoms with Crippen molar-refractivity contribution in [1.29, 1.82) is 0 Å². The van der Waals surface area contributed by atoms with Gasteiger partial charge in [-0.05, 0) is 12.8 Å². The molecule has 2 rings (SSSR count). The summed E-state index contributed by atoms with van der Waals surface area (Å²) >= 11 is 0. The van der Waals surface area contributed by atoms with Crippen molar-refractivity contribution in [2.75, 3.05) is 19.7 Å². The molecule has 2 fully saturated rings. The monoisotopic (exact) mass is 185 g/mol. The van der Waals surface area contributed by atoms with E-state index >= 15 is 0 Å². The van der Waals surface area contributed by atoms with Gasteiger partial charge in [0.2, 0.25) is 0 Å². The van der Waals surface area contributed by atoms with Crippen LogP contribution in [0.1, 0.15) is 32.1 Å². The van der Waals surface area contributed by atoms with Crippen molar-refractivity contribution in [3.05, 3.63) is 0 Å². The SMILES string of the molecule is OC1(C2CNCCO2)CCCCC1. The summed E-state index contributed by atoms with van der Waals surface area (Å²) < 4.78 is 5.61. The van der Waals surface area contributed by atoms with Crippen LogP contribution in [0.2, 0.25) is 0 Å². The molecule has 1 atom stereocenters. The number of hydrogen-bond donors (Lipinski definition) is 2. The molecule has 0 aromatic rings. The molecular weight excluding hydrogens is 166 g/mol. The van der Waals surface area contributed by atoms with Crippen LogP contribution in [0.5, 0.6) is 0 Å². The van der Waals surface area contributed by atoms with E-state index in [0.29, 0.717) is 0 Å². The molecule has 1 aliphatic heterocycles. The zero-order chi connectivity index (χ0) is 9.15. The second kappa shape index (κ2) is 3.95. The Bertz CT molecular complexity index is 160. The summed E-state index contributed by atoms with van der Waals surface area (Å²) in [5, 5.41) is 13.6. The fourth-order valence-corrected chi connectivity index (χ4v) is 2.40. The maximum absolute atomic E-state index is 10.3. The van der Waals surface area contributed by atoms with Gasteiger partial charge in [-0.25, -0.2) is 0 Å². The standard InChI is InChI=1S/C10H19NO2/c12-10(4-2-1-3-5-10)9-8-11-6-7-13-9/h9,11-12H,1-8H2. The van der Waals surface area contributed by atoms with Gasteiger partial charge in [-0.2, -0.15) is 0 Å². The molecule has 1 saturated carbocycles. The van der Waals surface area contributed by atoms with E-state index in [1.54, 1.807) is 0 Å². The molecule has 1 unspecified atom stereocenters. The van der Waals surface area contributed by atoms with E-state index in [1.807, 2.05) is 0 Å². The number of ether oxygens (including phenoxy) is 1. The molecule has 0 aromatic heterocycles. The van der Waals surface area contributed by atoms with Gasteiger partial charge >= 0.3 is 0 Å². The molecule has 13 heavy (non-hydrogen) atoms. The molecule has 0 bridgehead atoms. The van der Waals surface area contributed by atoms with Crippen molar-refractivity contribution in [1.82, 2.24) is 5.32 Å². The van der Waals surface area contributed by atoms with Crippen LogP contribution in [0.3, 0.4) is 0 Å². The Kier molecular flexibility index (Phi) is 2.86. The van der Waals surface area contributed by atoms with Crippen LogP contribution < -0.4 is 5.32 Å². The molecule has 1 heterocycles. The van der Waals surface area contributed by atoms with Gasteiger partial charge in [0.25, 0.3) is 0 Å². The molecule has 3 heteroatoms. The highest BCUT2D eigenvalue weighted by Crippen LogP contribution is 2.32. The molecule has 0 aromatic carbocycles. The highest BCUT2D eigenvalue weighted by Gasteiger charge is 2.39. The molecule has 2 aliphatic rings. The maximum atomic E-state index is 10.3.